The minimum atomic E-state index is -0.498. The van der Waals surface area contributed by atoms with Crippen LogP contribution in [0.2, 0.25) is 0 Å². The van der Waals surface area contributed by atoms with Crippen molar-refractivity contribution in [2.45, 2.75) is 25.8 Å². The molecule has 2 amide bonds. The molecule has 1 aromatic heterocycles. The number of aromatic nitrogens is 1. The summed E-state index contributed by atoms with van der Waals surface area (Å²) in [6.07, 6.45) is 0.223. The second kappa shape index (κ2) is 8.30. The van der Waals surface area contributed by atoms with Gasteiger partial charge in [0.1, 0.15) is 0 Å². The van der Waals surface area contributed by atoms with Gasteiger partial charge in [-0.2, -0.15) is 0 Å². The second-order valence-electron chi connectivity index (χ2n) is 6.29. The van der Waals surface area contributed by atoms with Gasteiger partial charge in [-0.05, 0) is 12.5 Å². The molecule has 2 heterocycles. The molecular weight excluding hydrogens is 366 g/mol. The van der Waals surface area contributed by atoms with Gasteiger partial charge in [0.05, 0.1) is 30.7 Å². The van der Waals surface area contributed by atoms with Crippen LogP contribution in [0.3, 0.4) is 0 Å². The Bertz CT molecular complexity index is 836. The minimum Gasteiger partial charge on any atom is -0.466 e. The predicted molar refractivity (Wildman–Crippen MR) is 101 cm³/mol. The first-order valence-electron chi connectivity index (χ1n) is 8.71. The van der Waals surface area contributed by atoms with Gasteiger partial charge >= 0.3 is 5.97 Å². The Kier molecular flexibility index (Phi) is 5.85. The molecule has 1 fully saturated rings. The van der Waals surface area contributed by atoms with Crippen LogP contribution in [0.25, 0.3) is 0 Å². The van der Waals surface area contributed by atoms with E-state index in [1.165, 1.54) is 11.3 Å². The van der Waals surface area contributed by atoms with E-state index >= 15 is 0 Å². The molecule has 1 aromatic carbocycles. The van der Waals surface area contributed by atoms with Crippen LogP contribution >= 0.6 is 11.3 Å². The van der Waals surface area contributed by atoms with Gasteiger partial charge in [0.15, 0.2) is 5.13 Å². The summed E-state index contributed by atoms with van der Waals surface area (Å²) in [5.74, 6) is -1.17. The summed E-state index contributed by atoms with van der Waals surface area (Å²) < 4.78 is 4.90. The molecule has 27 heavy (non-hydrogen) atoms. The fraction of sp³-hybridized carbons (Fsp3) is 0.368. The first-order chi connectivity index (χ1) is 13.0. The highest BCUT2D eigenvalue weighted by molar-refractivity contribution is 7.13. The van der Waals surface area contributed by atoms with Crippen molar-refractivity contribution < 1.29 is 19.1 Å². The lowest BCUT2D eigenvalue weighted by molar-refractivity contribution is -0.142. The summed E-state index contributed by atoms with van der Waals surface area (Å²) in [6, 6.07) is 9.21. The smallest absolute Gasteiger partial charge is 0.311 e. The summed E-state index contributed by atoms with van der Waals surface area (Å²) in [6.45, 7) is 2.06. The molecule has 0 bridgehead atoms. The maximum Gasteiger partial charge on any atom is 0.311 e. The molecule has 0 aliphatic carbocycles. The number of hydrogen-bond acceptors (Lipinski definition) is 6. The highest BCUT2D eigenvalue weighted by Gasteiger charge is 2.42. The lowest BCUT2D eigenvalue weighted by atomic mass is 9.93. The monoisotopic (exact) mass is 387 g/mol. The number of rotatable bonds is 6. The Balaban J connectivity index is 1.70. The predicted octanol–water partition coefficient (Wildman–Crippen LogP) is 2.41. The standard InChI is InChI=1S/C19H21N3O4S/c1-3-26-16(24)9-13-11-27-19(20-13)21-18(25)14-10-15(23)22(2)17(14)12-7-5-4-6-8-12/h4-8,11,14,17H,3,9-10H2,1-2H3,(H,20,21,25). The maximum atomic E-state index is 12.8. The van der Waals surface area contributed by atoms with Crippen LogP contribution in [0.15, 0.2) is 35.7 Å². The second-order valence-corrected chi connectivity index (χ2v) is 7.14. The van der Waals surface area contributed by atoms with Crippen LogP contribution in [0.5, 0.6) is 0 Å². The van der Waals surface area contributed by atoms with Crippen LogP contribution in [-0.2, 0) is 25.5 Å². The Labute approximate surface area is 161 Å². The Morgan fingerprint density at radius 1 is 1.33 bits per heavy atom. The molecule has 8 heteroatoms. The minimum absolute atomic E-state index is 0.0638. The lowest BCUT2D eigenvalue weighted by Crippen LogP contribution is -2.30. The van der Waals surface area contributed by atoms with E-state index in [1.807, 2.05) is 30.3 Å². The van der Waals surface area contributed by atoms with Crippen LogP contribution < -0.4 is 5.32 Å². The van der Waals surface area contributed by atoms with E-state index in [4.69, 9.17) is 4.74 Å². The molecule has 1 saturated heterocycles. The number of nitrogens with zero attached hydrogens (tertiary/aromatic N) is 2. The van der Waals surface area contributed by atoms with Crippen molar-refractivity contribution in [1.29, 1.82) is 0 Å². The number of carbonyl (C=O) groups is 3. The third-order valence-electron chi connectivity index (χ3n) is 4.48. The molecule has 1 aliphatic rings. The molecule has 2 unspecified atom stereocenters. The number of ether oxygens (including phenoxy) is 1. The van der Waals surface area contributed by atoms with Gasteiger partial charge in [-0.25, -0.2) is 4.98 Å². The molecular formula is C19H21N3O4S. The topological polar surface area (TPSA) is 88.6 Å². The SMILES string of the molecule is CCOC(=O)Cc1csc(NC(=O)C2CC(=O)N(C)C2c2ccccc2)n1. The zero-order valence-electron chi connectivity index (χ0n) is 15.2. The van der Waals surface area contributed by atoms with Gasteiger partial charge in [0.2, 0.25) is 11.8 Å². The molecule has 0 saturated carbocycles. The van der Waals surface area contributed by atoms with Gasteiger partial charge in [0, 0.05) is 18.8 Å². The van der Waals surface area contributed by atoms with Crippen LogP contribution in [0, 0.1) is 5.92 Å². The highest BCUT2D eigenvalue weighted by atomic mass is 32.1. The first kappa shape index (κ1) is 19.0. The molecule has 0 radical (unpaired) electrons. The maximum absolute atomic E-state index is 12.8. The molecule has 3 rings (SSSR count). The molecule has 7 nitrogen and oxygen atoms in total. The largest absolute Gasteiger partial charge is 0.466 e. The Morgan fingerprint density at radius 2 is 2.07 bits per heavy atom. The summed E-state index contributed by atoms with van der Waals surface area (Å²) in [5, 5.41) is 4.91. The number of amides is 2. The van der Waals surface area contributed by atoms with Gasteiger partial charge in [-0.1, -0.05) is 30.3 Å². The molecule has 0 spiro atoms. The number of esters is 1. The van der Waals surface area contributed by atoms with Crippen molar-refractivity contribution in [3.8, 4) is 0 Å². The summed E-state index contributed by atoms with van der Waals surface area (Å²) in [4.78, 5) is 42.4. The number of thiazole rings is 1. The summed E-state index contributed by atoms with van der Waals surface area (Å²) in [7, 11) is 1.72. The Hall–Kier alpha value is -2.74. The average Bonchev–Trinajstić information content (AvgIpc) is 3.20. The van der Waals surface area contributed by atoms with Gasteiger partial charge in [0.25, 0.3) is 0 Å². The summed E-state index contributed by atoms with van der Waals surface area (Å²) >= 11 is 1.25. The molecule has 2 aromatic rings. The van der Waals surface area contributed by atoms with Crippen molar-refractivity contribution in [2.75, 3.05) is 19.0 Å². The Morgan fingerprint density at radius 3 is 2.78 bits per heavy atom. The van der Waals surface area contributed by atoms with E-state index < -0.39 is 5.92 Å². The van der Waals surface area contributed by atoms with E-state index in [9.17, 15) is 14.4 Å². The van der Waals surface area contributed by atoms with Crippen LogP contribution in [0.4, 0.5) is 5.13 Å². The molecule has 1 aliphatic heterocycles. The number of carbonyl (C=O) groups excluding carboxylic acids is 3. The van der Waals surface area contributed by atoms with Crippen molar-refractivity contribution in [1.82, 2.24) is 9.88 Å². The molecule has 2 atom stereocenters. The number of likely N-dealkylation sites (tertiary alicyclic amines) is 1. The number of hydrogen-bond donors (Lipinski definition) is 1. The van der Waals surface area contributed by atoms with E-state index in [-0.39, 0.29) is 36.7 Å². The van der Waals surface area contributed by atoms with E-state index in [0.29, 0.717) is 17.4 Å². The fourth-order valence-corrected chi connectivity index (χ4v) is 3.93. The number of nitrogens with one attached hydrogen (secondary N) is 1. The lowest BCUT2D eigenvalue weighted by Gasteiger charge is -2.24. The van der Waals surface area contributed by atoms with Crippen LogP contribution in [-0.4, -0.2) is 41.3 Å². The van der Waals surface area contributed by atoms with Crippen LogP contribution in [0.1, 0.15) is 30.6 Å². The molecule has 142 valence electrons. The molecule has 1 N–H and O–H groups in total. The van der Waals surface area contributed by atoms with Crippen molar-refractivity contribution in [3.63, 3.8) is 0 Å². The highest BCUT2D eigenvalue weighted by Crippen LogP contribution is 2.37. The third kappa shape index (κ3) is 4.33. The van der Waals surface area contributed by atoms with Gasteiger partial charge in [-0.15, -0.1) is 11.3 Å². The zero-order valence-corrected chi connectivity index (χ0v) is 16.0. The van der Waals surface area contributed by atoms with E-state index in [2.05, 4.69) is 10.3 Å². The summed E-state index contributed by atoms with van der Waals surface area (Å²) in [5.41, 5.74) is 1.47. The number of benzene rings is 1. The van der Waals surface area contributed by atoms with Crippen molar-refractivity contribution >= 4 is 34.3 Å². The van der Waals surface area contributed by atoms with E-state index in [1.54, 1.807) is 24.3 Å². The fourth-order valence-electron chi connectivity index (χ4n) is 3.21. The first-order valence-corrected chi connectivity index (χ1v) is 9.59. The zero-order chi connectivity index (χ0) is 19.4. The van der Waals surface area contributed by atoms with Crippen molar-refractivity contribution in [2.24, 2.45) is 5.92 Å². The third-order valence-corrected chi connectivity index (χ3v) is 5.28. The quantitative estimate of drug-likeness (QED) is 0.769. The van der Waals surface area contributed by atoms with Crippen molar-refractivity contribution in [3.05, 3.63) is 47.0 Å². The average molecular weight is 387 g/mol. The van der Waals surface area contributed by atoms with Gasteiger partial charge in [-0.3, -0.25) is 14.4 Å². The van der Waals surface area contributed by atoms with E-state index in [0.717, 1.165) is 5.56 Å². The normalized spacial score (nSPS) is 19.2. The number of anilines is 1. The van der Waals surface area contributed by atoms with Gasteiger partial charge < -0.3 is 15.0 Å².